The van der Waals surface area contributed by atoms with E-state index in [0.29, 0.717) is 5.92 Å². The highest BCUT2D eigenvalue weighted by molar-refractivity contribution is 5.57. The number of nitrogens with zero attached hydrogens (tertiary/aromatic N) is 1. The fourth-order valence-electron chi connectivity index (χ4n) is 4.67. The van der Waals surface area contributed by atoms with Gasteiger partial charge >= 0.3 is 0 Å². The van der Waals surface area contributed by atoms with E-state index in [2.05, 4.69) is 34.5 Å². The number of piperidine rings is 1. The zero-order chi connectivity index (χ0) is 13.4. The molecular formula is C18H26N2. The first kappa shape index (κ1) is 12.7. The lowest BCUT2D eigenvalue weighted by Gasteiger charge is -2.40. The molecule has 1 saturated heterocycles. The number of nitrogens with one attached hydrogen (secondary N) is 1. The van der Waals surface area contributed by atoms with Crippen LogP contribution in [0.15, 0.2) is 24.3 Å². The molecule has 2 heteroatoms. The fraction of sp³-hybridized carbons (Fsp3) is 0.667. The van der Waals surface area contributed by atoms with Crippen LogP contribution in [-0.2, 0) is 0 Å². The van der Waals surface area contributed by atoms with Gasteiger partial charge in [-0.1, -0.05) is 31.0 Å². The molecule has 108 valence electrons. The molecular weight excluding hydrogens is 244 g/mol. The minimum Gasteiger partial charge on any atom is -0.384 e. The molecule has 1 spiro atoms. The molecule has 0 radical (unpaired) electrons. The molecule has 1 N–H and O–H groups in total. The monoisotopic (exact) mass is 270 g/mol. The predicted molar refractivity (Wildman–Crippen MR) is 84.2 cm³/mol. The van der Waals surface area contributed by atoms with Crippen LogP contribution in [0.1, 0.15) is 50.0 Å². The zero-order valence-corrected chi connectivity index (χ0v) is 12.4. The minimum absolute atomic E-state index is 0.698. The summed E-state index contributed by atoms with van der Waals surface area (Å²) in [4.78, 5) is 2.72. The molecule has 0 bridgehead atoms. The van der Waals surface area contributed by atoms with Gasteiger partial charge in [-0.05, 0) is 55.8 Å². The molecule has 0 aromatic heterocycles. The van der Waals surface area contributed by atoms with E-state index in [9.17, 15) is 0 Å². The van der Waals surface area contributed by atoms with Gasteiger partial charge in [-0.2, -0.15) is 0 Å². The first-order chi connectivity index (χ1) is 9.85. The Morgan fingerprint density at radius 1 is 1.05 bits per heavy atom. The second-order valence-electron chi connectivity index (χ2n) is 7.17. The van der Waals surface area contributed by atoms with Crippen molar-refractivity contribution in [3.05, 3.63) is 29.8 Å². The Bertz CT molecular complexity index is 466. The van der Waals surface area contributed by atoms with Crippen LogP contribution >= 0.6 is 0 Å². The molecule has 1 saturated carbocycles. The van der Waals surface area contributed by atoms with Crippen molar-refractivity contribution in [3.8, 4) is 0 Å². The van der Waals surface area contributed by atoms with Crippen LogP contribution < -0.4 is 5.32 Å². The number of hydrogen-bond donors (Lipinski definition) is 1. The number of fused-ring (bicyclic) bond motifs is 1. The molecule has 1 aromatic rings. The van der Waals surface area contributed by atoms with E-state index >= 15 is 0 Å². The Hall–Kier alpha value is -1.02. The summed E-state index contributed by atoms with van der Waals surface area (Å²) in [5, 5.41) is 3.56. The van der Waals surface area contributed by atoms with Crippen molar-refractivity contribution >= 4 is 5.69 Å². The summed E-state index contributed by atoms with van der Waals surface area (Å²) in [6.07, 6.45) is 8.90. The summed E-state index contributed by atoms with van der Waals surface area (Å²) in [7, 11) is 0. The minimum atomic E-state index is 0.698. The Labute approximate surface area is 122 Å². The van der Waals surface area contributed by atoms with E-state index in [-0.39, 0.29) is 0 Å². The highest BCUT2D eigenvalue weighted by Gasteiger charge is 2.37. The van der Waals surface area contributed by atoms with E-state index in [1.165, 1.54) is 69.4 Å². The average Bonchev–Trinajstić information content (AvgIpc) is 3.10. The topological polar surface area (TPSA) is 15.3 Å². The van der Waals surface area contributed by atoms with Gasteiger partial charge < -0.3 is 10.2 Å². The van der Waals surface area contributed by atoms with Crippen LogP contribution in [0.3, 0.4) is 0 Å². The van der Waals surface area contributed by atoms with Gasteiger partial charge in [-0.25, -0.2) is 0 Å². The maximum absolute atomic E-state index is 3.56. The van der Waals surface area contributed by atoms with Crippen molar-refractivity contribution in [2.24, 2.45) is 5.41 Å². The van der Waals surface area contributed by atoms with Gasteiger partial charge in [0.1, 0.15) is 0 Å². The molecule has 1 atom stereocenters. The second kappa shape index (κ2) is 5.07. The number of rotatable bonds is 2. The van der Waals surface area contributed by atoms with Crippen LogP contribution in [-0.4, -0.2) is 31.1 Å². The van der Waals surface area contributed by atoms with Crippen LogP contribution in [0.4, 0.5) is 5.69 Å². The quantitative estimate of drug-likeness (QED) is 0.878. The third-order valence-electron chi connectivity index (χ3n) is 6.00. The molecule has 20 heavy (non-hydrogen) atoms. The summed E-state index contributed by atoms with van der Waals surface area (Å²) in [6.45, 7) is 5.04. The third kappa shape index (κ3) is 2.24. The highest BCUT2D eigenvalue weighted by atomic mass is 15.1. The summed E-state index contributed by atoms with van der Waals surface area (Å²) >= 11 is 0. The van der Waals surface area contributed by atoms with Gasteiger partial charge in [-0.15, -0.1) is 0 Å². The molecule has 0 amide bonds. The standard InChI is InChI=1S/C18H26N2/c1-2-6-17-16(5-1)15(13-19-17)14-20-11-9-18(10-12-20)7-3-4-8-18/h1-2,5-6,15,19H,3-4,7-14H2. The van der Waals surface area contributed by atoms with Crippen LogP contribution in [0.5, 0.6) is 0 Å². The van der Waals surface area contributed by atoms with Crippen LogP contribution in [0, 0.1) is 5.41 Å². The Balaban J connectivity index is 1.37. The van der Waals surface area contributed by atoms with Crippen molar-refractivity contribution < 1.29 is 0 Å². The van der Waals surface area contributed by atoms with Crippen molar-refractivity contribution in [1.29, 1.82) is 0 Å². The SMILES string of the molecule is c1ccc2c(c1)NCC2CN1CCC2(CCCC2)CC1. The largest absolute Gasteiger partial charge is 0.384 e. The zero-order valence-electron chi connectivity index (χ0n) is 12.4. The third-order valence-corrected chi connectivity index (χ3v) is 6.00. The van der Waals surface area contributed by atoms with E-state index in [1.807, 2.05) is 0 Å². The van der Waals surface area contributed by atoms with Gasteiger partial charge in [0.2, 0.25) is 0 Å². The Morgan fingerprint density at radius 3 is 2.60 bits per heavy atom. The highest BCUT2D eigenvalue weighted by Crippen LogP contribution is 2.46. The summed E-state index contributed by atoms with van der Waals surface area (Å²) in [6, 6.07) is 8.85. The van der Waals surface area contributed by atoms with Crippen LogP contribution in [0.2, 0.25) is 0 Å². The van der Waals surface area contributed by atoms with Gasteiger partial charge in [0.15, 0.2) is 0 Å². The van der Waals surface area contributed by atoms with Gasteiger partial charge in [0.05, 0.1) is 0 Å². The lowest BCUT2D eigenvalue weighted by Crippen LogP contribution is -2.41. The molecule has 2 heterocycles. The Morgan fingerprint density at radius 2 is 1.80 bits per heavy atom. The molecule has 1 aliphatic carbocycles. The maximum atomic E-state index is 3.56. The molecule has 4 rings (SSSR count). The molecule has 2 aliphatic heterocycles. The first-order valence-corrected chi connectivity index (χ1v) is 8.40. The number of likely N-dealkylation sites (tertiary alicyclic amines) is 1. The molecule has 2 nitrogen and oxygen atoms in total. The average molecular weight is 270 g/mol. The number of para-hydroxylation sites is 1. The van der Waals surface area contributed by atoms with E-state index < -0.39 is 0 Å². The first-order valence-electron chi connectivity index (χ1n) is 8.40. The molecule has 1 aromatic carbocycles. The Kier molecular flexibility index (Phi) is 3.22. The van der Waals surface area contributed by atoms with Crippen molar-refractivity contribution in [2.75, 3.05) is 31.5 Å². The molecule has 2 fully saturated rings. The normalized spacial score (nSPS) is 28.5. The van der Waals surface area contributed by atoms with E-state index in [4.69, 9.17) is 0 Å². The van der Waals surface area contributed by atoms with E-state index in [0.717, 1.165) is 12.0 Å². The second-order valence-corrected chi connectivity index (χ2v) is 7.17. The van der Waals surface area contributed by atoms with Crippen molar-refractivity contribution in [3.63, 3.8) is 0 Å². The molecule has 1 unspecified atom stereocenters. The van der Waals surface area contributed by atoms with Crippen molar-refractivity contribution in [2.45, 2.75) is 44.4 Å². The van der Waals surface area contributed by atoms with Gasteiger partial charge in [0, 0.05) is 24.7 Å². The predicted octanol–water partition coefficient (Wildman–Crippen LogP) is 3.85. The fourth-order valence-corrected chi connectivity index (χ4v) is 4.67. The smallest absolute Gasteiger partial charge is 0.0376 e. The van der Waals surface area contributed by atoms with Gasteiger partial charge in [-0.3, -0.25) is 0 Å². The lowest BCUT2D eigenvalue weighted by atomic mass is 9.77. The summed E-state index contributed by atoms with van der Waals surface area (Å²) in [5.41, 5.74) is 3.65. The number of anilines is 1. The van der Waals surface area contributed by atoms with Crippen LogP contribution in [0.25, 0.3) is 0 Å². The maximum Gasteiger partial charge on any atom is 0.0376 e. The number of hydrogen-bond acceptors (Lipinski definition) is 2. The summed E-state index contributed by atoms with van der Waals surface area (Å²) < 4.78 is 0. The lowest BCUT2D eigenvalue weighted by molar-refractivity contribution is 0.105. The van der Waals surface area contributed by atoms with Crippen molar-refractivity contribution in [1.82, 2.24) is 4.90 Å². The summed E-state index contributed by atoms with van der Waals surface area (Å²) in [5.74, 6) is 0.698. The van der Waals surface area contributed by atoms with E-state index in [1.54, 1.807) is 0 Å². The molecule has 3 aliphatic rings. The van der Waals surface area contributed by atoms with Gasteiger partial charge in [0.25, 0.3) is 0 Å². The number of benzene rings is 1.